The maximum Gasteiger partial charge on any atom is 0.185 e. The second kappa shape index (κ2) is 7.25. The van der Waals surface area contributed by atoms with E-state index in [4.69, 9.17) is 4.74 Å². The van der Waals surface area contributed by atoms with Crippen LogP contribution in [0.2, 0.25) is 0 Å². The Hall–Kier alpha value is -2.61. The van der Waals surface area contributed by atoms with Gasteiger partial charge in [-0.2, -0.15) is 0 Å². The number of benzene rings is 2. The Morgan fingerprint density at radius 2 is 1.81 bits per heavy atom. The fourth-order valence-electron chi connectivity index (χ4n) is 2.03. The van der Waals surface area contributed by atoms with Crippen LogP contribution in [0.3, 0.4) is 0 Å². The van der Waals surface area contributed by atoms with Gasteiger partial charge in [-0.15, -0.1) is 0 Å². The van der Waals surface area contributed by atoms with Crippen molar-refractivity contribution in [1.29, 1.82) is 0 Å². The number of ketones is 1. The van der Waals surface area contributed by atoms with Crippen molar-refractivity contribution in [2.75, 3.05) is 7.11 Å². The van der Waals surface area contributed by atoms with Crippen molar-refractivity contribution in [2.45, 2.75) is 6.92 Å². The van der Waals surface area contributed by atoms with Crippen LogP contribution >= 0.6 is 0 Å². The molecule has 0 aliphatic carbocycles. The Morgan fingerprint density at radius 1 is 1.05 bits per heavy atom. The molecule has 0 saturated carbocycles. The highest BCUT2D eigenvalue weighted by atomic mass is 16.5. The largest absolute Gasteiger partial charge is 0.496 e. The molecule has 0 fully saturated rings. The van der Waals surface area contributed by atoms with E-state index in [1.807, 2.05) is 67.6 Å². The second-order valence-corrected chi connectivity index (χ2v) is 4.56. The lowest BCUT2D eigenvalue weighted by Gasteiger charge is -2.06. The molecule has 0 N–H and O–H groups in total. The molecule has 0 aromatic heterocycles. The summed E-state index contributed by atoms with van der Waals surface area (Å²) in [6, 6.07) is 15.2. The van der Waals surface area contributed by atoms with Crippen molar-refractivity contribution in [3.05, 3.63) is 77.4 Å². The molecule has 2 aromatic rings. The van der Waals surface area contributed by atoms with Crippen molar-refractivity contribution in [2.24, 2.45) is 0 Å². The van der Waals surface area contributed by atoms with E-state index in [9.17, 15) is 4.79 Å². The third-order valence-corrected chi connectivity index (χ3v) is 3.09. The summed E-state index contributed by atoms with van der Waals surface area (Å²) in [5.74, 6) is 0.740. The van der Waals surface area contributed by atoms with E-state index >= 15 is 0 Å². The number of hydrogen-bond acceptors (Lipinski definition) is 2. The van der Waals surface area contributed by atoms with E-state index in [0.717, 1.165) is 16.9 Å². The number of allylic oxidation sites excluding steroid dienone is 2. The molecule has 21 heavy (non-hydrogen) atoms. The van der Waals surface area contributed by atoms with Gasteiger partial charge in [0.1, 0.15) is 5.75 Å². The molecule has 0 unspecified atom stereocenters. The van der Waals surface area contributed by atoms with E-state index in [2.05, 4.69) is 0 Å². The molecule has 2 aromatic carbocycles. The summed E-state index contributed by atoms with van der Waals surface area (Å²) < 4.78 is 5.28. The minimum absolute atomic E-state index is 0.0211. The lowest BCUT2D eigenvalue weighted by atomic mass is 10.0. The monoisotopic (exact) mass is 278 g/mol. The van der Waals surface area contributed by atoms with Crippen LogP contribution in [0.4, 0.5) is 0 Å². The quantitative estimate of drug-likeness (QED) is 0.589. The smallest absolute Gasteiger partial charge is 0.185 e. The molecule has 0 aliphatic rings. The zero-order valence-corrected chi connectivity index (χ0v) is 12.2. The topological polar surface area (TPSA) is 26.3 Å². The molecule has 0 heterocycles. The van der Waals surface area contributed by atoms with E-state index < -0.39 is 0 Å². The molecular formula is C19H18O2. The van der Waals surface area contributed by atoms with Gasteiger partial charge in [-0.05, 0) is 36.8 Å². The van der Waals surface area contributed by atoms with Crippen molar-refractivity contribution in [3.63, 3.8) is 0 Å². The van der Waals surface area contributed by atoms with Crippen LogP contribution in [0.15, 0.2) is 60.7 Å². The molecule has 0 atom stereocenters. The van der Waals surface area contributed by atoms with Gasteiger partial charge in [-0.3, -0.25) is 4.79 Å². The average Bonchev–Trinajstić information content (AvgIpc) is 2.54. The number of rotatable bonds is 5. The highest BCUT2D eigenvalue weighted by Crippen LogP contribution is 2.22. The van der Waals surface area contributed by atoms with Gasteiger partial charge in [-0.25, -0.2) is 0 Å². The third-order valence-electron chi connectivity index (χ3n) is 3.09. The predicted octanol–water partition coefficient (Wildman–Crippen LogP) is 4.62. The molecule has 0 bridgehead atoms. The summed E-state index contributed by atoms with van der Waals surface area (Å²) in [6.07, 6.45) is 7.26. The zero-order valence-electron chi connectivity index (χ0n) is 12.2. The molecule has 106 valence electrons. The van der Waals surface area contributed by atoms with Gasteiger partial charge in [0.25, 0.3) is 0 Å². The van der Waals surface area contributed by atoms with Gasteiger partial charge in [0, 0.05) is 11.1 Å². The summed E-state index contributed by atoms with van der Waals surface area (Å²) >= 11 is 0. The summed E-state index contributed by atoms with van der Waals surface area (Å²) in [5, 5.41) is 0. The predicted molar refractivity (Wildman–Crippen MR) is 87.5 cm³/mol. The van der Waals surface area contributed by atoms with Crippen molar-refractivity contribution in [1.82, 2.24) is 0 Å². The Labute approximate surface area is 125 Å². The maximum absolute atomic E-state index is 12.2. The fraction of sp³-hybridized carbons (Fsp3) is 0.105. The normalized spacial score (nSPS) is 11.1. The van der Waals surface area contributed by atoms with E-state index in [1.165, 1.54) is 0 Å². The molecule has 2 rings (SSSR count). The average molecular weight is 278 g/mol. The number of methoxy groups -OCH3 is 1. The number of ether oxygens (including phenoxy) is 1. The molecule has 2 nitrogen and oxygen atoms in total. The molecule has 0 amide bonds. The van der Waals surface area contributed by atoms with Crippen LogP contribution in [0.1, 0.15) is 28.4 Å². The first-order valence-corrected chi connectivity index (χ1v) is 6.83. The molecule has 0 saturated heterocycles. The Kier molecular flexibility index (Phi) is 5.10. The first kappa shape index (κ1) is 14.8. The van der Waals surface area contributed by atoms with E-state index in [0.29, 0.717) is 5.56 Å². The van der Waals surface area contributed by atoms with Crippen LogP contribution in [-0.2, 0) is 0 Å². The lowest BCUT2D eigenvalue weighted by Crippen LogP contribution is -1.96. The Morgan fingerprint density at radius 3 is 2.48 bits per heavy atom. The SMILES string of the molecule is CC=Cc1cc(C(=O)/C=C/c2ccccc2)ccc1OC. The summed E-state index contributed by atoms with van der Waals surface area (Å²) in [7, 11) is 1.62. The van der Waals surface area contributed by atoms with Crippen LogP contribution < -0.4 is 4.74 Å². The third kappa shape index (κ3) is 3.93. The Balaban J connectivity index is 2.23. The number of carbonyl (C=O) groups excluding carboxylic acids is 1. The van der Waals surface area contributed by atoms with E-state index in [-0.39, 0.29) is 5.78 Å². The summed E-state index contributed by atoms with van der Waals surface area (Å²) in [6.45, 7) is 1.93. The van der Waals surface area contributed by atoms with E-state index in [1.54, 1.807) is 19.3 Å². The summed E-state index contributed by atoms with van der Waals surface area (Å²) in [5.41, 5.74) is 2.56. The second-order valence-electron chi connectivity index (χ2n) is 4.56. The molecule has 2 heteroatoms. The minimum Gasteiger partial charge on any atom is -0.496 e. The summed E-state index contributed by atoms with van der Waals surface area (Å²) in [4.78, 5) is 12.2. The molecule has 0 aliphatic heterocycles. The van der Waals surface area contributed by atoms with Crippen molar-refractivity contribution < 1.29 is 9.53 Å². The van der Waals surface area contributed by atoms with Gasteiger partial charge in [0.15, 0.2) is 5.78 Å². The van der Waals surface area contributed by atoms with Crippen LogP contribution in [0, 0.1) is 0 Å². The van der Waals surface area contributed by atoms with Gasteiger partial charge in [0.2, 0.25) is 0 Å². The number of carbonyl (C=O) groups is 1. The Bertz CT molecular complexity index is 667. The van der Waals surface area contributed by atoms with Crippen LogP contribution in [0.25, 0.3) is 12.2 Å². The number of hydrogen-bond donors (Lipinski definition) is 0. The zero-order chi connectivity index (χ0) is 15.1. The standard InChI is InChI=1S/C19H18O2/c1-3-7-17-14-16(11-13-19(17)21-2)18(20)12-10-15-8-5-4-6-9-15/h3-14H,1-2H3/b7-3?,12-10+. The highest BCUT2D eigenvalue weighted by molar-refractivity contribution is 6.07. The van der Waals surface area contributed by atoms with Crippen molar-refractivity contribution in [3.8, 4) is 5.75 Å². The van der Waals surface area contributed by atoms with Gasteiger partial charge >= 0.3 is 0 Å². The fourth-order valence-corrected chi connectivity index (χ4v) is 2.03. The minimum atomic E-state index is -0.0211. The molecule has 0 radical (unpaired) electrons. The molecule has 0 spiro atoms. The maximum atomic E-state index is 12.2. The van der Waals surface area contributed by atoms with Gasteiger partial charge in [-0.1, -0.05) is 48.6 Å². The highest BCUT2D eigenvalue weighted by Gasteiger charge is 2.06. The molecular weight excluding hydrogens is 260 g/mol. The first-order valence-electron chi connectivity index (χ1n) is 6.83. The van der Waals surface area contributed by atoms with Gasteiger partial charge < -0.3 is 4.74 Å². The van der Waals surface area contributed by atoms with Crippen LogP contribution in [0.5, 0.6) is 5.75 Å². The lowest BCUT2D eigenvalue weighted by molar-refractivity contribution is 0.104. The first-order chi connectivity index (χ1) is 10.2. The van der Waals surface area contributed by atoms with Crippen molar-refractivity contribution >= 4 is 17.9 Å². The van der Waals surface area contributed by atoms with Gasteiger partial charge in [0.05, 0.1) is 7.11 Å². The van der Waals surface area contributed by atoms with Crippen LogP contribution in [-0.4, -0.2) is 12.9 Å².